The molecule has 0 radical (unpaired) electrons. The number of fused-ring (bicyclic) bond motifs is 2. The fourth-order valence-electron chi connectivity index (χ4n) is 4.77. The van der Waals surface area contributed by atoms with Crippen LogP contribution in [0.5, 0.6) is 0 Å². The molecule has 7 heteroatoms. The summed E-state index contributed by atoms with van der Waals surface area (Å²) in [6.07, 6.45) is 7.68. The first-order valence-corrected chi connectivity index (χ1v) is 12.1. The molecule has 2 bridgehead atoms. The van der Waals surface area contributed by atoms with Gasteiger partial charge in [0.2, 0.25) is 10.0 Å². The number of imidazole rings is 1. The van der Waals surface area contributed by atoms with E-state index in [2.05, 4.69) is 30.7 Å². The fraction of sp³-hybridized carbons (Fsp3) is 0.591. The molecule has 1 aromatic carbocycles. The van der Waals surface area contributed by atoms with E-state index in [-0.39, 0.29) is 5.41 Å². The Hall–Kier alpha value is -1.70. The number of hydrogen-bond donors (Lipinski definition) is 0. The molecule has 0 N–H and O–H groups in total. The average Bonchev–Trinajstić information content (AvgIpc) is 3.21. The van der Waals surface area contributed by atoms with Gasteiger partial charge in [0.05, 0.1) is 11.2 Å². The number of nitrogens with zero attached hydrogens (tertiary/aromatic N) is 4. The average molecular weight is 417 g/mol. The Morgan fingerprint density at radius 1 is 1.07 bits per heavy atom. The normalized spacial score (nSPS) is 25.2. The Bertz CT molecular complexity index is 904. The minimum absolute atomic E-state index is 0.181. The van der Waals surface area contributed by atoms with Gasteiger partial charge in [-0.05, 0) is 54.5 Å². The van der Waals surface area contributed by atoms with E-state index >= 15 is 0 Å². The lowest BCUT2D eigenvalue weighted by Crippen LogP contribution is -2.62. The van der Waals surface area contributed by atoms with Gasteiger partial charge < -0.3 is 9.47 Å². The molecule has 2 atom stereocenters. The number of benzene rings is 1. The van der Waals surface area contributed by atoms with Gasteiger partial charge in [0, 0.05) is 44.3 Å². The second kappa shape index (κ2) is 7.85. The summed E-state index contributed by atoms with van der Waals surface area (Å²) in [6, 6.07) is 7.12. The van der Waals surface area contributed by atoms with E-state index in [0.29, 0.717) is 29.8 Å². The summed E-state index contributed by atoms with van der Waals surface area (Å²) in [6.45, 7) is 11.2. The molecule has 0 aliphatic carbocycles. The van der Waals surface area contributed by atoms with Crippen LogP contribution in [0.25, 0.3) is 5.69 Å². The van der Waals surface area contributed by atoms with Crippen molar-refractivity contribution in [2.75, 3.05) is 32.7 Å². The largest absolute Gasteiger partial charge is 0.306 e. The van der Waals surface area contributed by atoms with Crippen molar-refractivity contribution in [3.63, 3.8) is 0 Å². The van der Waals surface area contributed by atoms with Gasteiger partial charge in [-0.25, -0.2) is 13.4 Å². The van der Waals surface area contributed by atoms with Gasteiger partial charge in [0.1, 0.15) is 0 Å². The SMILES string of the molecule is CCCCN1CC2CN(S(=O)(=O)c3ccc(-n4ccnc4)cc3)CC(C1)C2(C)C. The van der Waals surface area contributed by atoms with Gasteiger partial charge in [-0.3, -0.25) is 0 Å². The molecule has 1 aromatic heterocycles. The summed E-state index contributed by atoms with van der Waals surface area (Å²) < 4.78 is 30.4. The van der Waals surface area contributed by atoms with Gasteiger partial charge in [-0.15, -0.1) is 0 Å². The van der Waals surface area contributed by atoms with Crippen molar-refractivity contribution in [1.29, 1.82) is 0 Å². The molecule has 6 nitrogen and oxygen atoms in total. The van der Waals surface area contributed by atoms with Crippen molar-refractivity contribution >= 4 is 10.0 Å². The molecule has 158 valence electrons. The number of aromatic nitrogens is 2. The maximum atomic E-state index is 13.4. The predicted molar refractivity (Wildman–Crippen MR) is 114 cm³/mol. The third-order valence-corrected chi connectivity index (χ3v) is 8.86. The van der Waals surface area contributed by atoms with Crippen molar-refractivity contribution in [3.05, 3.63) is 43.0 Å². The van der Waals surface area contributed by atoms with Crippen molar-refractivity contribution in [2.45, 2.75) is 38.5 Å². The van der Waals surface area contributed by atoms with Gasteiger partial charge in [0.15, 0.2) is 0 Å². The first-order valence-electron chi connectivity index (χ1n) is 10.6. The summed E-state index contributed by atoms with van der Waals surface area (Å²) in [7, 11) is -3.48. The van der Waals surface area contributed by atoms with Crippen LogP contribution in [-0.2, 0) is 10.0 Å². The summed E-state index contributed by atoms with van der Waals surface area (Å²) >= 11 is 0. The second-order valence-electron chi connectivity index (χ2n) is 9.11. The molecule has 2 aliphatic heterocycles. The molecule has 0 spiro atoms. The summed E-state index contributed by atoms with van der Waals surface area (Å²) in [5, 5.41) is 0. The standard InChI is InChI=1S/C22H32N4O2S/c1-4-5-11-24-13-18-15-26(16-19(14-24)22(18,2)3)29(27,28)21-8-6-20(7-9-21)25-12-10-23-17-25/h6-10,12,17-19H,4-5,11,13-16H2,1-3H3. The Morgan fingerprint density at radius 2 is 1.72 bits per heavy atom. The maximum Gasteiger partial charge on any atom is 0.243 e. The molecule has 3 heterocycles. The Balaban J connectivity index is 1.53. The van der Waals surface area contributed by atoms with Crippen LogP contribution in [-0.4, -0.2) is 59.9 Å². The van der Waals surface area contributed by atoms with Crippen LogP contribution in [0.4, 0.5) is 0 Å². The van der Waals surface area contributed by atoms with E-state index in [4.69, 9.17) is 0 Å². The Kier molecular flexibility index (Phi) is 5.57. The highest BCUT2D eigenvalue weighted by molar-refractivity contribution is 7.89. The van der Waals surface area contributed by atoms with Crippen molar-refractivity contribution in [2.24, 2.45) is 17.3 Å². The van der Waals surface area contributed by atoms with E-state index in [1.165, 1.54) is 12.8 Å². The molecular weight excluding hydrogens is 384 g/mol. The van der Waals surface area contributed by atoms with E-state index in [0.717, 1.165) is 25.3 Å². The second-order valence-corrected chi connectivity index (χ2v) is 11.1. The zero-order valence-corrected chi connectivity index (χ0v) is 18.5. The van der Waals surface area contributed by atoms with Crippen LogP contribution >= 0.6 is 0 Å². The van der Waals surface area contributed by atoms with Crippen molar-refractivity contribution in [3.8, 4) is 5.69 Å². The quantitative estimate of drug-likeness (QED) is 0.725. The molecular formula is C22H32N4O2S. The molecule has 2 aromatic rings. The zero-order valence-electron chi connectivity index (χ0n) is 17.7. The maximum absolute atomic E-state index is 13.4. The molecule has 2 unspecified atom stereocenters. The molecule has 2 fully saturated rings. The van der Waals surface area contributed by atoms with Crippen LogP contribution in [0.1, 0.15) is 33.6 Å². The van der Waals surface area contributed by atoms with Gasteiger partial charge in [0.25, 0.3) is 0 Å². The Morgan fingerprint density at radius 3 is 2.28 bits per heavy atom. The highest BCUT2D eigenvalue weighted by Crippen LogP contribution is 2.45. The van der Waals surface area contributed by atoms with Gasteiger partial charge >= 0.3 is 0 Å². The lowest BCUT2D eigenvalue weighted by atomic mass is 9.64. The topological polar surface area (TPSA) is 58.4 Å². The van der Waals surface area contributed by atoms with E-state index in [9.17, 15) is 8.42 Å². The minimum Gasteiger partial charge on any atom is -0.306 e. The number of sulfonamides is 1. The van der Waals surface area contributed by atoms with E-state index in [1.807, 2.05) is 22.9 Å². The monoisotopic (exact) mass is 416 g/mol. The molecule has 2 aliphatic rings. The van der Waals surface area contributed by atoms with Gasteiger partial charge in [-0.1, -0.05) is 27.2 Å². The minimum atomic E-state index is -3.48. The van der Waals surface area contributed by atoms with Crippen LogP contribution in [0.2, 0.25) is 0 Å². The van der Waals surface area contributed by atoms with E-state index < -0.39 is 10.0 Å². The third-order valence-electron chi connectivity index (χ3n) is 7.01. The number of piperidine rings is 2. The van der Waals surface area contributed by atoms with Crippen LogP contribution in [0.15, 0.2) is 47.9 Å². The number of rotatable bonds is 6. The number of likely N-dealkylation sites (tertiary alicyclic amines) is 1. The highest BCUT2D eigenvalue weighted by atomic mass is 32.2. The number of unbranched alkanes of at least 4 members (excludes halogenated alkanes) is 1. The predicted octanol–water partition coefficient (Wildman–Crippen LogP) is 3.25. The first kappa shape index (κ1) is 20.6. The van der Waals surface area contributed by atoms with Crippen LogP contribution in [0, 0.1) is 17.3 Å². The summed E-state index contributed by atoms with van der Waals surface area (Å²) in [5.41, 5.74) is 1.09. The van der Waals surface area contributed by atoms with E-state index in [1.54, 1.807) is 29.0 Å². The van der Waals surface area contributed by atoms with Gasteiger partial charge in [-0.2, -0.15) is 4.31 Å². The van der Waals surface area contributed by atoms with Crippen molar-refractivity contribution < 1.29 is 8.42 Å². The smallest absolute Gasteiger partial charge is 0.243 e. The summed E-state index contributed by atoms with van der Waals surface area (Å²) in [5.74, 6) is 0.735. The third kappa shape index (κ3) is 3.88. The molecule has 0 saturated carbocycles. The van der Waals surface area contributed by atoms with Crippen LogP contribution < -0.4 is 0 Å². The lowest BCUT2D eigenvalue weighted by molar-refractivity contribution is -0.0493. The first-order chi connectivity index (χ1) is 13.8. The fourth-order valence-corrected chi connectivity index (χ4v) is 6.30. The zero-order chi connectivity index (χ0) is 20.6. The Labute approximate surface area is 174 Å². The molecule has 29 heavy (non-hydrogen) atoms. The molecule has 0 amide bonds. The molecule has 4 rings (SSSR count). The lowest BCUT2D eigenvalue weighted by Gasteiger charge is -2.55. The van der Waals surface area contributed by atoms with Crippen LogP contribution in [0.3, 0.4) is 0 Å². The van der Waals surface area contributed by atoms with Crippen molar-refractivity contribution in [1.82, 2.24) is 18.8 Å². The highest BCUT2D eigenvalue weighted by Gasteiger charge is 2.49. The molecule has 2 saturated heterocycles. The summed E-state index contributed by atoms with van der Waals surface area (Å²) in [4.78, 5) is 6.97. The number of hydrogen-bond acceptors (Lipinski definition) is 4.